The van der Waals surface area contributed by atoms with E-state index in [0.29, 0.717) is 39.9 Å². The molecule has 0 aliphatic heterocycles. The molecule has 40 heavy (non-hydrogen) atoms. The molecule has 204 valence electrons. The van der Waals surface area contributed by atoms with E-state index in [4.69, 9.17) is 4.74 Å². The topological polar surface area (TPSA) is 106 Å². The minimum Gasteiger partial charge on any atom is -0.497 e. The smallest absolute Gasteiger partial charge is 0.416 e. The van der Waals surface area contributed by atoms with E-state index in [1.807, 2.05) is 31.2 Å². The highest BCUT2D eigenvalue weighted by Gasteiger charge is 2.31. The number of ether oxygens (including phenoxy) is 1. The largest absolute Gasteiger partial charge is 0.497 e. The summed E-state index contributed by atoms with van der Waals surface area (Å²) in [5.41, 5.74) is 2.24. The zero-order valence-electron chi connectivity index (χ0n) is 21.7. The van der Waals surface area contributed by atoms with Crippen molar-refractivity contribution in [3.8, 4) is 5.75 Å². The Labute approximate surface area is 227 Å². The number of alkyl halides is 3. The Bertz CT molecular complexity index is 1720. The summed E-state index contributed by atoms with van der Waals surface area (Å²) in [5, 5.41) is 14.3. The van der Waals surface area contributed by atoms with Crippen LogP contribution in [-0.4, -0.2) is 32.8 Å². The Hall–Kier alpha value is -5.13. The van der Waals surface area contributed by atoms with E-state index >= 15 is 0 Å². The van der Waals surface area contributed by atoms with Gasteiger partial charge < -0.3 is 20.7 Å². The van der Waals surface area contributed by atoms with Crippen molar-refractivity contribution in [1.82, 2.24) is 19.7 Å². The van der Waals surface area contributed by atoms with Gasteiger partial charge in [0.2, 0.25) is 5.95 Å². The molecule has 0 atom stereocenters. The summed E-state index contributed by atoms with van der Waals surface area (Å²) < 4.78 is 46.0. The molecule has 1 amide bonds. The van der Waals surface area contributed by atoms with Gasteiger partial charge in [0.15, 0.2) is 11.5 Å². The lowest BCUT2D eigenvalue weighted by atomic mass is 10.1. The Morgan fingerprint density at radius 3 is 2.55 bits per heavy atom. The van der Waals surface area contributed by atoms with E-state index in [0.717, 1.165) is 23.4 Å². The van der Waals surface area contributed by atoms with Crippen LogP contribution in [0.15, 0.2) is 72.9 Å². The van der Waals surface area contributed by atoms with Crippen LogP contribution in [0.25, 0.3) is 11.0 Å². The third kappa shape index (κ3) is 5.65. The van der Waals surface area contributed by atoms with Gasteiger partial charge in [-0.05, 0) is 55.0 Å². The number of carbonyl (C=O) groups is 1. The number of benzene rings is 3. The minimum atomic E-state index is -4.54. The number of fused-ring (bicyclic) bond motifs is 1. The van der Waals surface area contributed by atoms with Crippen LogP contribution in [-0.2, 0) is 13.2 Å². The number of nitrogens with one attached hydrogen (secondary N) is 3. The van der Waals surface area contributed by atoms with Crippen LogP contribution in [0, 0.1) is 6.92 Å². The Morgan fingerprint density at radius 1 is 0.975 bits per heavy atom. The Morgan fingerprint density at radius 2 is 1.77 bits per heavy atom. The van der Waals surface area contributed by atoms with E-state index in [9.17, 15) is 18.0 Å². The van der Waals surface area contributed by atoms with Crippen LogP contribution in [0.4, 0.5) is 42.0 Å². The normalized spacial score (nSPS) is 11.3. The maximum absolute atomic E-state index is 13.1. The Balaban J connectivity index is 1.36. The van der Waals surface area contributed by atoms with Crippen molar-refractivity contribution in [2.45, 2.75) is 13.1 Å². The molecule has 0 aliphatic rings. The predicted octanol–water partition coefficient (Wildman–Crippen LogP) is 6.44. The van der Waals surface area contributed by atoms with Gasteiger partial charge in [0.05, 0.1) is 18.1 Å². The number of aryl methyl sites for hydroxylation is 2. The van der Waals surface area contributed by atoms with Crippen molar-refractivity contribution in [3.63, 3.8) is 0 Å². The van der Waals surface area contributed by atoms with E-state index in [1.54, 1.807) is 43.2 Å². The van der Waals surface area contributed by atoms with Gasteiger partial charge in [0.1, 0.15) is 5.75 Å². The molecular weight excluding hydrogens is 523 g/mol. The molecule has 2 heterocycles. The zero-order chi connectivity index (χ0) is 28.4. The summed E-state index contributed by atoms with van der Waals surface area (Å²) in [4.78, 5) is 21.7. The molecule has 0 aliphatic carbocycles. The van der Waals surface area contributed by atoms with Gasteiger partial charge in [-0.2, -0.15) is 23.3 Å². The molecule has 12 heteroatoms. The lowest BCUT2D eigenvalue weighted by molar-refractivity contribution is -0.137. The molecule has 0 fully saturated rings. The summed E-state index contributed by atoms with van der Waals surface area (Å²) in [6, 6.07) is 16.8. The van der Waals surface area contributed by atoms with Crippen molar-refractivity contribution in [2.24, 2.45) is 7.05 Å². The van der Waals surface area contributed by atoms with Crippen molar-refractivity contribution in [1.29, 1.82) is 0 Å². The standard InChI is InChI=1S/C28H24F3N7O2/c1-16-10-11-20(33-26(39)17-6-4-7-18(12-17)28(29,30)31)14-23(16)35-24-22-15-32-27(36-25(22)38(2)37-24)34-19-8-5-9-21(13-19)40-3/h4-15H,1-3H3,(H,33,39)(H,35,37)(H,32,34,36). The van der Waals surface area contributed by atoms with Gasteiger partial charge in [-0.25, -0.2) is 9.67 Å². The number of halogens is 3. The average Bonchev–Trinajstić information content (AvgIpc) is 3.24. The molecule has 0 saturated heterocycles. The fourth-order valence-corrected chi connectivity index (χ4v) is 4.02. The monoisotopic (exact) mass is 547 g/mol. The van der Waals surface area contributed by atoms with Gasteiger partial charge in [-0.15, -0.1) is 0 Å². The van der Waals surface area contributed by atoms with E-state index < -0.39 is 17.6 Å². The fraction of sp³-hybridized carbons (Fsp3) is 0.143. The van der Waals surface area contributed by atoms with Crippen molar-refractivity contribution in [3.05, 3.63) is 89.6 Å². The first-order valence-corrected chi connectivity index (χ1v) is 12.1. The number of rotatable bonds is 7. The van der Waals surface area contributed by atoms with Gasteiger partial charge in [0, 0.05) is 41.9 Å². The zero-order valence-corrected chi connectivity index (χ0v) is 21.7. The van der Waals surface area contributed by atoms with Crippen molar-refractivity contribution < 1.29 is 22.7 Å². The number of carbonyl (C=O) groups excluding carboxylic acids is 1. The maximum Gasteiger partial charge on any atom is 0.416 e. The number of amides is 1. The second-order valence-electron chi connectivity index (χ2n) is 8.95. The molecule has 0 radical (unpaired) electrons. The average molecular weight is 548 g/mol. The lowest BCUT2D eigenvalue weighted by Gasteiger charge is -2.12. The molecule has 3 N–H and O–H groups in total. The first-order valence-electron chi connectivity index (χ1n) is 12.1. The van der Waals surface area contributed by atoms with E-state index in [1.165, 1.54) is 12.1 Å². The number of nitrogens with zero attached hydrogens (tertiary/aromatic N) is 4. The molecule has 0 unspecified atom stereocenters. The predicted molar refractivity (Wildman–Crippen MR) is 146 cm³/mol. The molecule has 0 bridgehead atoms. The second-order valence-corrected chi connectivity index (χ2v) is 8.95. The summed E-state index contributed by atoms with van der Waals surface area (Å²) >= 11 is 0. The molecule has 5 rings (SSSR count). The minimum absolute atomic E-state index is 0.101. The number of hydrogen-bond acceptors (Lipinski definition) is 7. The van der Waals surface area contributed by atoms with Crippen molar-refractivity contribution in [2.75, 3.05) is 23.1 Å². The highest BCUT2D eigenvalue weighted by atomic mass is 19.4. The molecule has 3 aromatic carbocycles. The van der Waals surface area contributed by atoms with Gasteiger partial charge >= 0.3 is 6.18 Å². The third-order valence-electron chi connectivity index (χ3n) is 6.11. The maximum atomic E-state index is 13.1. The number of aromatic nitrogens is 4. The fourth-order valence-electron chi connectivity index (χ4n) is 4.02. The van der Waals surface area contributed by atoms with E-state index in [-0.39, 0.29) is 5.56 Å². The first-order chi connectivity index (χ1) is 19.1. The molecule has 5 aromatic rings. The van der Waals surface area contributed by atoms with Crippen LogP contribution in [0.3, 0.4) is 0 Å². The lowest BCUT2D eigenvalue weighted by Crippen LogP contribution is -2.14. The van der Waals surface area contributed by atoms with Gasteiger partial charge in [-0.3, -0.25) is 4.79 Å². The molecule has 0 saturated carbocycles. The summed E-state index contributed by atoms with van der Waals surface area (Å²) in [6.07, 6.45) is -2.90. The van der Waals surface area contributed by atoms with Crippen LogP contribution >= 0.6 is 0 Å². The van der Waals surface area contributed by atoms with E-state index in [2.05, 4.69) is 31.0 Å². The highest BCUT2D eigenvalue weighted by Crippen LogP contribution is 2.31. The van der Waals surface area contributed by atoms with Crippen LogP contribution in [0.2, 0.25) is 0 Å². The van der Waals surface area contributed by atoms with Crippen LogP contribution in [0.5, 0.6) is 5.75 Å². The molecule has 2 aromatic heterocycles. The van der Waals surface area contributed by atoms with Gasteiger partial charge in [-0.1, -0.05) is 18.2 Å². The molecule has 0 spiro atoms. The number of methoxy groups -OCH3 is 1. The Kier molecular flexibility index (Phi) is 6.99. The van der Waals surface area contributed by atoms with Crippen molar-refractivity contribution >= 4 is 45.8 Å². The van der Waals surface area contributed by atoms with Crippen LogP contribution < -0.4 is 20.7 Å². The SMILES string of the molecule is COc1cccc(Nc2ncc3c(Nc4cc(NC(=O)c5cccc(C(F)(F)F)c5)ccc4C)nn(C)c3n2)c1. The quantitative estimate of drug-likeness (QED) is 0.215. The second kappa shape index (κ2) is 10.6. The summed E-state index contributed by atoms with van der Waals surface area (Å²) in [6.45, 7) is 1.87. The summed E-state index contributed by atoms with van der Waals surface area (Å²) in [7, 11) is 3.35. The number of anilines is 5. The van der Waals surface area contributed by atoms with Crippen LogP contribution in [0.1, 0.15) is 21.5 Å². The highest BCUT2D eigenvalue weighted by molar-refractivity contribution is 6.04. The number of hydrogen-bond donors (Lipinski definition) is 3. The first kappa shape index (κ1) is 26.5. The summed E-state index contributed by atoms with van der Waals surface area (Å²) in [5.74, 6) is 0.913. The molecular formula is C28H24F3N7O2. The third-order valence-corrected chi connectivity index (χ3v) is 6.11. The van der Waals surface area contributed by atoms with Gasteiger partial charge in [0.25, 0.3) is 5.91 Å². The molecule has 9 nitrogen and oxygen atoms in total.